The Balaban J connectivity index is 1.95. The summed E-state index contributed by atoms with van der Waals surface area (Å²) in [7, 11) is 0. The maximum absolute atomic E-state index is 6.00. The Morgan fingerprint density at radius 2 is 2.06 bits per heavy atom. The number of para-hydroxylation sites is 1. The summed E-state index contributed by atoms with van der Waals surface area (Å²) in [4.78, 5) is 2.52. The Labute approximate surface area is 98.4 Å². The van der Waals surface area contributed by atoms with Crippen LogP contribution in [0.5, 0.6) is 0 Å². The van der Waals surface area contributed by atoms with Gasteiger partial charge in [-0.15, -0.1) is 0 Å². The van der Waals surface area contributed by atoms with Crippen molar-refractivity contribution in [3.63, 3.8) is 0 Å². The Morgan fingerprint density at radius 3 is 2.69 bits per heavy atom. The first-order chi connectivity index (χ1) is 7.72. The van der Waals surface area contributed by atoms with E-state index in [1.54, 1.807) is 0 Å². The summed E-state index contributed by atoms with van der Waals surface area (Å²) in [5.41, 5.74) is 8.21. The molecule has 0 spiro atoms. The molecule has 0 aliphatic carbocycles. The van der Waals surface area contributed by atoms with Gasteiger partial charge in [0.1, 0.15) is 0 Å². The Hall–Kier alpha value is -1.02. The van der Waals surface area contributed by atoms with Gasteiger partial charge in [0.25, 0.3) is 0 Å². The summed E-state index contributed by atoms with van der Waals surface area (Å²) in [6.45, 7) is 7.00. The number of hydrogen-bond donors (Lipinski definition) is 1. The molecule has 1 unspecified atom stereocenters. The standard InChI is InChI=1S/C14H22N2/c1-3-6-12-9-16(10-12)11(2)13-7-4-5-8-14(13)15/h4-5,7-8,11-12H,3,6,9-10,15H2,1-2H3. The molecule has 2 N–H and O–H groups in total. The van der Waals surface area contributed by atoms with E-state index < -0.39 is 0 Å². The third kappa shape index (κ3) is 2.22. The third-order valence-electron chi connectivity index (χ3n) is 3.68. The molecule has 88 valence electrons. The van der Waals surface area contributed by atoms with Crippen molar-refractivity contribution in [2.75, 3.05) is 18.8 Å². The molecule has 2 nitrogen and oxygen atoms in total. The molecule has 0 radical (unpaired) electrons. The molecule has 0 bridgehead atoms. The first-order valence-electron chi connectivity index (χ1n) is 6.30. The summed E-state index contributed by atoms with van der Waals surface area (Å²) in [6.07, 6.45) is 2.67. The molecule has 1 saturated heterocycles. The molecule has 1 aliphatic rings. The quantitative estimate of drug-likeness (QED) is 0.787. The van der Waals surface area contributed by atoms with Gasteiger partial charge in [0.15, 0.2) is 0 Å². The average Bonchev–Trinajstić information content (AvgIpc) is 2.22. The number of nitrogens with two attached hydrogens (primary N) is 1. The van der Waals surface area contributed by atoms with E-state index in [0.29, 0.717) is 6.04 Å². The highest BCUT2D eigenvalue weighted by Crippen LogP contribution is 2.32. The van der Waals surface area contributed by atoms with Crippen LogP contribution in [0.2, 0.25) is 0 Å². The predicted octanol–water partition coefficient (Wildman–Crippen LogP) is 3.06. The van der Waals surface area contributed by atoms with Crippen LogP contribution < -0.4 is 5.73 Å². The molecule has 16 heavy (non-hydrogen) atoms. The summed E-state index contributed by atoms with van der Waals surface area (Å²) in [5.74, 6) is 0.914. The molecule has 0 saturated carbocycles. The molecule has 1 fully saturated rings. The SMILES string of the molecule is CCCC1CN(C(C)c2ccccc2N)C1. The van der Waals surface area contributed by atoms with Crippen LogP contribution in [0.3, 0.4) is 0 Å². The maximum Gasteiger partial charge on any atom is 0.0362 e. The second-order valence-corrected chi connectivity index (χ2v) is 4.91. The van der Waals surface area contributed by atoms with E-state index in [1.807, 2.05) is 12.1 Å². The predicted molar refractivity (Wildman–Crippen MR) is 69.2 cm³/mol. The van der Waals surface area contributed by atoms with E-state index in [4.69, 9.17) is 5.73 Å². The number of nitrogens with zero attached hydrogens (tertiary/aromatic N) is 1. The molecule has 0 aromatic heterocycles. The zero-order valence-electron chi connectivity index (χ0n) is 10.3. The van der Waals surface area contributed by atoms with E-state index in [2.05, 4.69) is 30.9 Å². The summed E-state index contributed by atoms with van der Waals surface area (Å²) in [6, 6.07) is 8.68. The molecule has 0 amide bonds. The van der Waals surface area contributed by atoms with Crippen LogP contribution in [0.25, 0.3) is 0 Å². The van der Waals surface area contributed by atoms with Gasteiger partial charge in [0.05, 0.1) is 0 Å². The van der Waals surface area contributed by atoms with Crippen LogP contribution in [0.4, 0.5) is 5.69 Å². The fraction of sp³-hybridized carbons (Fsp3) is 0.571. The van der Waals surface area contributed by atoms with Crippen molar-refractivity contribution in [1.29, 1.82) is 0 Å². The van der Waals surface area contributed by atoms with Crippen LogP contribution in [0.1, 0.15) is 38.3 Å². The first-order valence-corrected chi connectivity index (χ1v) is 6.30. The van der Waals surface area contributed by atoms with Crippen LogP contribution in [0.15, 0.2) is 24.3 Å². The minimum Gasteiger partial charge on any atom is -0.398 e. The van der Waals surface area contributed by atoms with Gasteiger partial charge in [0, 0.05) is 24.8 Å². The molecular weight excluding hydrogens is 196 g/mol. The number of nitrogen functional groups attached to an aromatic ring is 1. The van der Waals surface area contributed by atoms with Crippen LogP contribution in [0, 0.1) is 5.92 Å². The van der Waals surface area contributed by atoms with Gasteiger partial charge in [-0.2, -0.15) is 0 Å². The Kier molecular flexibility index (Phi) is 3.49. The van der Waals surface area contributed by atoms with Gasteiger partial charge < -0.3 is 5.73 Å². The lowest BCUT2D eigenvalue weighted by molar-refractivity contribution is 0.0548. The number of likely N-dealkylation sites (tertiary alicyclic amines) is 1. The van der Waals surface area contributed by atoms with Gasteiger partial charge in [0.2, 0.25) is 0 Å². The number of hydrogen-bond acceptors (Lipinski definition) is 2. The van der Waals surface area contributed by atoms with E-state index in [9.17, 15) is 0 Å². The molecule has 1 aromatic carbocycles. The molecule has 1 aromatic rings. The van der Waals surface area contributed by atoms with E-state index >= 15 is 0 Å². The van der Waals surface area contributed by atoms with Crippen molar-refractivity contribution in [1.82, 2.24) is 4.90 Å². The second kappa shape index (κ2) is 4.88. The summed E-state index contributed by atoms with van der Waals surface area (Å²) in [5, 5.41) is 0. The third-order valence-corrected chi connectivity index (χ3v) is 3.68. The zero-order chi connectivity index (χ0) is 11.5. The normalized spacial score (nSPS) is 19.4. The minimum atomic E-state index is 0.467. The van der Waals surface area contributed by atoms with Gasteiger partial charge in [-0.1, -0.05) is 31.5 Å². The van der Waals surface area contributed by atoms with E-state index in [1.165, 1.54) is 31.5 Å². The Bertz CT molecular complexity index is 342. The van der Waals surface area contributed by atoms with Crippen molar-refractivity contribution < 1.29 is 0 Å². The minimum absolute atomic E-state index is 0.467. The van der Waals surface area contributed by atoms with Crippen molar-refractivity contribution in [3.8, 4) is 0 Å². The van der Waals surface area contributed by atoms with Crippen molar-refractivity contribution >= 4 is 5.69 Å². The molecule has 2 rings (SSSR count). The second-order valence-electron chi connectivity index (χ2n) is 4.91. The smallest absolute Gasteiger partial charge is 0.0362 e. The lowest BCUT2D eigenvalue weighted by atomic mass is 9.91. The van der Waals surface area contributed by atoms with Crippen molar-refractivity contribution in [2.45, 2.75) is 32.7 Å². The fourth-order valence-electron chi connectivity index (χ4n) is 2.60. The maximum atomic E-state index is 6.00. The highest BCUT2D eigenvalue weighted by molar-refractivity contribution is 5.48. The average molecular weight is 218 g/mol. The van der Waals surface area contributed by atoms with Crippen molar-refractivity contribution in [3.05, 3.63) is 29.8 Å². The molecule has 1 aliphatic heterocycles. The number of anilines is 1. The van der Waals surface area contributed by atoms with Crippen LogP contribution >= 0.6 is 0 Å². The van der Waals surface area contributed by atoms with Crippen LogP contribution in [-0.4, -0.2) is 18.0 Å². The largest absolute Gasteiger partial charge is 0.398 e. The molecular formula is C14H22N2. The monoisotopic (exact) mass is 218 g/mol. The van der Waals surface area contributed by atoms with Crippen molar-refractivity contribution in [2.24, 2.45) is 5.92 Å². The lowest BCUT2D eigenvalue weighted by Crippen LogP contribution is -2.47. The molecule has 1 atom stereocenters. The fourth-order valence-corrected chi connectivity index (χ4v) is 2.60. The zero-order valence-corrected chi connectivity index (χ0v) is 10.3. The van der Waals surface area contributed by atoms with E-state index in [0.717, 1.165) is 11.6 Å². The lowest BCUT2D eigenvalue weighted by Gasteiger charge is -2.43. The van der Waals surface area contributed by atoms with Gasteiger partial charge >= 0.3 is 0 Å². The van der Waals surface area contributed by atoms with E-state index in [-0.39, 0.29) is 0 Å². The van der Waals surface area contributed by atoms with Gasteiger partial charge in [-0.3, -0.25) is 4.90 Å². The molecule has 1 heterocycles. The number of rotatable bonds is 4. The summed E-state index contributed by atoms with van der Waals surface area (Å²) >= 11 is 0. The number of benzene rings is 1. The topological polar surface area (TPSA) is 29.3 Å². The van der Waals surface area contributed by atoms with Crippen LogP contribution in [-0.2, 0) is 0 Å². The summed E-state index contributed by atoms with van der Waals surface area (Å²) < 4.78 is 0. The highest BCUT2D eigenvalue weighted by atomic mass is 15.2. The highest BCUT2D eigenvalue weighted by Gasteiger charge is 2.30. The first kappa shape index (κ1) is 11.5. The van der Waals surface area contributed by atoms with Gasteiger partial charge in [-0.05, 0) is 30.9 Å². The van der Waals surface area contributed by atoms with Gasteiger partial charge in [-0.25, -0.2) is 0 Å². The molecule has 2 heteroatoms. The Morgan fingerprint density at radius 1 is 1.38 bits per heavy atom.